The number of aryl methyl sites for hydroxylation is 1. The van der Waals surface area contributed by atoms with Crippen LogP contribution in [0.1, 0.15) is 22.7 Å². The largest absolute Gasteiger partial charge is 0.324 e. The van der Waals surface area contributed by atoms with Crippen molar-refractivity contribution in [2.45, 2.75) is 19.4 Å². The molecule has 1 atom stereocenters. The van der Waals surface area contributed by atoms with Crippen LogP contribution in [0.2, 0.25) is 5.02 Å². The molecule has 0 spiro atoms. The van der Waals surface area contributed by atoms with Crippen LogP contribution in [0.25, 0.3) is 0 Å². The Morgan fingerprint density at radius 3 is 2.35 bits per heavy atom. The summed E-state index contributed by atoms with van der Waals surface area (Å²) >= 11 is 5.86. The molecule has 17 heavy (non-hydrogen) atoms. The summed E-state index contributed by atoms with van der Waals surface area (Å²) in [7, 11) is 0. The number of hydrogen-bond acceptors (Lipinski definition) is 1. The van der Waals surface area contributed by atoms with E-state index in [0.717, 1.165) is 11.4 Å². The molecule has 2 aromatic rings. The minimum atomic E-state index is 0.0392. The molecule has 0 heterocycles. The van der Waals surface area contributed by atoms with E-state index in [9.17, 15) is 0 Å². The van der Waals surface area contributed by atoms with Gasteiger partial charge in [0.15, 0.2) is 0 Å². The molecule has 1 nitrogen and oxygen atoms in total. The highest BCUT2D eigenvalue weighted by molar-refractivity contribution is 6.30. The second-order valence-corrected chi connectivity index (χ2v) is 4.73. The summed E-state index contributed by atoms with van der Waals surface area (Å²) in [5, 5.41) is 0.762. The van der Waals surface area contributed by atoms with Crippen molar-refractivity contribution in [3.05, 3.63) is 70.2 Å². The van der Waals surface area contributed by atoms with Gasteiger partial charge in [-0.15, -0.1) is 0 Å². The first kappa shape index (κ1) is 12.2. The Morgan fingerprint density at radius 2 is 1.71 bits per heavy atom. The second kappa shape index (κ2) is 5.35. The summed E-state index contributed by atoms with van der Waals surface area (Å²) in [6, 6.07) is 16.2. The SMILES string of the molecule is Cc1ccccc1C(N)Cc1ccc(Cl)cc1. The lowest BCUT2D eigenvalue weighted by atomic mass is 9.96. The molecular formula is C15H16ClN. The van der Waals surface area contributed by atoms with Gasteiger partial charge in [0.25, 0.3) is 0 Å². The van der Waals surface area contributed by atoms with Gasteiger partial charge in [-0.25, -0.2) is 0 Å². The molecule has 0 radical (unpaired) electrons. The molecule has 88 valence electrons. The molecule has 2 heteroatoms. The lowest BCUT2D eigenvalue weighted by Crippen LogP contribution is -2.14. The smallest absolute Gasteiger partial charge is 0.0406 e. The molecule has 0 fully saturated rings. The van der Waals surface area contributed by atoms with Gasteiger partial charge in [0.1, 0.15) is 0 Å². The lowest BCUT2D eigenvalue weighted by Gasteiger charge is -2.14. The molecule has 0 aliphatic rings. The molecule has 0 amide bonds. The summed E-state index contributed by atoms with van der Waals surface area (Å²) in [6.45, 7) is 2.09. The third-order valence-corrected chi connectivity index (χ3v) is 3.21. The van der Waals surface area contributed by atoms with E-state index >= 15 is 0 Å². The molecule has 2 rings (SSSR count). The third kappa shape index (κ3) is 3.09. The molecule has 0 aromatic heterocycles. The predicted octanol–water partition coefficient (Wildman–Crippen LogP) is 3.89. The van der Waals surface area contributed by atoms with Gasteiger partial charge in [0, 0.05) is 11.1 Å². The van der Waals surface area contributed by atoms with Crippen molar-refractivity contribution in [1.82, 2.24) is 0 Å². The molecular weight excluding hydrogens is 230 g/mol. The molecule has 2 aromatic carbocycles. The van der Waals surface area contributed by atoms with Crippen molar-refractivity contribution in [1.29, 1.82) is 0 Å². The van der Waals surface area contributed by atoms with Crippen molar-refractivity contribution < 1.29 is 0 Å². The van der Waals surface area contributed by atoms with E-state index in [-0.39, 0.29) is 6.04 Å². The Labute approximate surface area is 107 Å². The highest BCUT2D eigenvalue weighted by Crippen LogP contribution is 2.20. The standard InChI is InChI=1S/C15H16ClN/c1-11-4-2-3-5-14(11)15(17)10-12-6-8-13(16)9-7-12/h2-9,15H,10,17H2,1H3. The summed E-state index contributed by atoms with van der Waals surface area (Å²) < 4.78 is 0. The van der Waals surface area contributed by atoms with E-state index < -0.39 is 0 Å². The first-order valence-corrected chi connectivity index (χ1v) is 6.10. The zero-order valence-corrected chi connectivity index (χ0v) is 10.6. The van der Waals surface area contributed by atoms with E-state index in [4.69, 9.17) is 17.3 Å². The Morgan fingerprint density at radius 1 is 1.06 bits per heavy atom. The van der Waals surface area contributed by atoms with Gasteiger partial charge >= 0.3 is 0 Å². The van der Waals surface area contributed by atoms with Gasteiger partial charge in [-0.05, 0) is 42.2 Å². The van der Waals surface area contributed by atoms with Crippen LogP contribution in [-0.4, -0.2) is 0 Å². The van der Waals surface area contributed by atoms with Crippen LogP contribution in [0, 0.1) is 6.92 Å². The normalized spacial score (nSPS) is 12.4. The Kier molecular flexibility index (Phi) is 3.82. The summed E-state index contributed by atoms with van der Waals surface area (Å²) in [5.41, 5.74) is 9.90. The van der Waals surface area contributed by atoms with Gasteiger partial charge < -0.3 is 5.73 Å². The molecule has 2 N–H and O–H groups in total. The average molecular weight is 246 g/mol. The summed E-state index contributed by atoms with van der Waals surface area (Å²) in [5.74, 6) is 0. The fraction of sp³-hybridized carbons (Fsp3) is 0.200. The molecule has 0 aliphatic heterocycles. The predicted molar refractivity (Wildman–Crippen MR) is 73.3 cm³/mol. The molecule has 0 saturated heterocycles. The second-order valence-electron chi connectivity index (χ2n) is 4.29. The minimum absolute atomic E-state index is 0.0392. The van der Waals surface area contributed by atoms with Crippen LogP contribution in [0.4, 0.5) is 0 Å². The molecule has 0 aliphatic carbocycles. The van der Waals surface area contributed by atoms with Crippen LogP contribution >= 0.6 is 11.6 Å². The van der Waals surface area contributed by atoms with Crippen LogP contribution in [0.15, 0.2) is 48.5 Å². The monoisotopic (exact) mass is 245 g/mol. The Hall–Kier alpha value is -1.31. The number of rotatable bonds is 3. The third-order valence-electron chi connectivity index (χ3n) is 2.96. The van der Waals surface area contributed by atoms with Gasteiger partial charge in [-0.2, -0.15) is 0 Å². The number of nitrogens with two attached hydrogens (primary N) is 1. The summed E-state index contributed by atoms with van der Waals surface area (Å²) in [4.78, 5) is 0. The first-order valence-electron chi connectivity index (χ1n) is 5.72. The van der Waals surface area contributed by atoms with E-state index in [2.05, 4.69) is 19.1 Å². The van der Waals surface area contributed by atoms with Gasteiger partial charge in [0.05, 0.1) is 0 Å². The molecule has 1 unspecified atom stereocenters. The van der Waals surface area contributed by atoms with Gasteiger partial charge in [-0.3, -0.25) is 0 Å². The zero-order chi connectivity index (χ0) is 12.3. The number of halogens is 1. The Balaban J connectivity index is 2.14. The van der Waals surface area contributed by atoms with Gasteiger partial charge in [-0.1, -0.05) is 48.0 Å². The average Bonchev–Trinajstić information content (AvgIpc) is 2.32. The fourth-order valence-electron chi connectivity index (χ4n) is 1.99. The van der Waals surface area contributed by atoms with Crippen molar-refractivity contribution in [2.75, 3.05) is 0 Å². The maximum atomic E-state index is 6.23. The van der Waals surface area contributed by atoms with Crippen LogP contribution in [0.3, 0.4) is 0 Å². The number of hydrogen-bond donors (Lipinski definition) is 1. The maximum absolute atomic E-state index is 6.23. The van der Waals surface area contributed by atoms with Crippen molar-refractivity contribution >= 4 is 11.6 Å². The van der Waals surface area contributed by atoms with E-state index in [1.54, 1.807) is 0 Å². The zero-order valence-electron chi connectivity index (χ0n) is 9.86. The first-order chi connectivity index (χ1) is 8.16. The lowest BCUT2D eigenvalue weighted by molar-refractivity contribution is 0.717. The Bertz CT molecular complexity index is 491. The van der Waals surface area contributed by atoms with Gasteiger partial charge in [0.2, 0.25) is 0 Å². The van der Waals surface area contributed by atoms with Crippen molar-refractivity contribution in [2.24, 2.45) is 5.73 Å². The van der Waals surface area contributed by atoms with E-state index in [1.165, 1.54) is 16.7 Å². The van der Waals surface area contributed by atoms with E-state index in [0.29, 0.717) is 0 Å². The maximum Gasteiger partial charge on any atom is 0.0406 e. The fourth-order valence-corrected chi connectivity index (χ4v) is 2.11. The highest BCUT2D eigenvalue weighted by Gasteiger charge is 2.08. The van der Waals surface area contributed by atoms with Crippen LogP contribution < -0.4 is 5.73 Å². The quantitative estimate of drug-likeness (QED) is 0.872. The topological polar surface area (TPSA) is 26.0 Å². The van der Waals surface area contributed by atoms with Crippen LogP contribution in [0.5, 0.6) is 0 Å². The van der Waals surface area contributed by atoms with Crippen molar-refractivity contribution in [3.63, 3.8) is 0 Å². The van der Waals surface area contributed by atoms with E-state index in [1.807, 2.05) is 36.4 Å². The summed E-state index contributed by atoms with van der Waals surface area (Å²) in [6.07, 6.45) is 0.835. The minimum Gasteiger partial charge on any atom is -0.324 e. The van der Waals surface area contributed by atoms with Crippen LogP contribution in [-0.2, 0) is 6.42 Å². The van der Waals surface area contributed by atoms with Crippen molar-refractivity contribution in [3.8, 4) is 0 Å². The molecule has 0 bridgehead atoms. The number of benzene rings is 2. The molecule has 0 saturated carbocycles. The highest BCUT2D eigenvalue weighted by atomic mass is 35.5.